The van der Waals surface area contributed by atoms with Gasteiger partial charge in [0.05, 0.1) is 5.69 Å². The maximum absolute atomic E-state index is 8.48. The van der Waals surface area contributed by atoms with Crippen LogP contribution < -0.4 is 0 Å². The fourth-order valence-corrected chi connectivity index (χ4v) is 0.792. The Labute approximate surface area is 72.1 Å². The summed E-state index contributed by atoms with van der Waals surface area (Å²) in [6, 6.07) is 5.46. The molecular weight excluding hydrogens is 150 g/mol. The van der Waals surface area contributed by atoms with E-state index in [4.69, 9.17) is 5.26 Å². The monoisotopic (exact) mass is 161 g/mol. The summed E-state index contributed by atoms with van der Waals surface area (Å²) in [7, 11) is 0. The average molecular weight is 161 g/mol. The van der Waals surface area contributed by atoms with E-state index in [1.54, 1.807) is 6.07 Å². The van der Waals surface area contributed by atoms with Crippen LogP contribution in [0.2, 0.25) is 0 Å². The van der Waals surface area contributed by atoms with Crippen molar-refractivity contribution in [3.05, 3.63) is 23.5 Å². The largest absolute Gasteiger partial charge is 0.191 e. The molecule has 0 amide bonds. The number of nitriles is 1. The lowest BCUT2D eigenvalue weighted by molar-refractivity contribution is 0.558. The molecule has 0 aromatic carbocycles. The van der Waals surface area contributed by atoms with Gasteiger partial charge in [-0.15, -0.1) is 5.10 Å². The van der Waals surface area contributed by atoms with E-state index in [0.717, 1.165) is 5.69 Å². The van der Waals surface area contributed by atoms with Gasteiger partial charge in [0.15, 0.2) is 5.69 Å². The van der Waals surface area contributed by atoms with Gasteiger partial charge in [0.2, 0.25) is 0 Å². The van der Waals surface area contributed by atoms with Gasteiger partial charge in [-0.1, -0.05) is 20.8 Å². The Morgan fingerprint density at radius 1 is 1.25 bits per heavy atom. The lowest BCUT2D eigenvalue weighted by atomic mass is 9.92. The zero-order valence-electron chi connectivity index (χ0n) is 7.50. The maximum atomic E-state index is 8.48. The third-order valence-electron chi connectivity index (χ3n) is 1.55. The van der Waals surface area contributed by atoms with Crippen LogP contribution in [0.4, 0.5) is 0 Å². The minimum absolute atomic E-state index is 0.000978. The highest BCUT2D eigenvalue weighted by molar-refractivity contribution is 5.21. The summed E-state index contributed by atoms with van der Waals surface area (Å²) < 4.78 is 0. The molecule has 0 bridgehead atoms. The normalized spacial score (nSPS) is 10.8. The zero-order valence-corrected chi connectivity index (χ0v) is 7.50. The van der Waals surface area contributed by atoms with Gasteiger partial charge < -0.3 is 0 Å². The van der Waals surface area contributed by atoms with Gasteiger partial charge in [0.1, 0.15) is 6.07 Å². The van der Waals surface area contributed by atoms with Gasteiger partial charge in [-0.3, -0.25) is 0 Å². The second-order valence-electron chi connectivity index (χ2n) is 3.67. The molecule has 1 rings (SSSR count). The van der Waals surface area contributed by atoms with Crippen molar-refractivity contribution in [2.45, 2.75) is 26.2 Å². The first-order valence-electron chi connectivity index (χ1n) is 3.78. The smallest absolute Gasteiger partial charge is 0.163 e. The Kier molecular flexibility index (Phi) is 2.09. The minimum atomic E-state index is 0.000978. The summed E-state index contributed by atoms with van der Waals surface area (Å²) >= 11 is 0. The molecule has 3 heteroatoms. The zero-order chi connectivity index (χ0) is 9.19. The third kappa shape index (κ3) is 1.79. The van der Waals surface area contributed by atoms with Crippen molar-refractivity contribution in [2.24, 2.45) is 0 Å². The lowest BCUT2D eigenvalue weighted by Gasteiger charge is -2.15. The summed E-state index contributed by atoms with van der Waals surface area (Å²) in [4.78, 5) is 0. The van der Waals surface area contributed by atoms with Crippen LogP contribution in [0.1, 0.15) is 32.2 Å². The van der Waals surface area contributed by atoms with E-state index < -0.39 is 0 Å². The summed E-state index contributed by atoms with van der Waals surface area (Å²) in [6.45, 7) is 6.18. The summed E-state index contributed by atoms with van der Waals surface area (Å²) in [6.07, 6.45) is 0. The quantitative estimate of drug-likeness (QED) is 0.581. The van der Waals surface area contributed by atoms with Gasteiger partial charge in [0, 0.05) is 5.41 Å². The molecule has 0 fully saturated rings. The molecule has 0 saturated carbocycles. The van der Waals surface area contributed by atoms with Gasteiger partial charge in [-0.25, -0.2) is 0 Å². The van der Waals surface area contributed by atoms with Crippen molar-refractivity contribution in [1.82, 2.24) is 10.2 Å². The fourth-order valence-electron chi connectivity index (χ4n) is 0.792. The molecule has 0 atom stereocenters. The molecule has 3 nitrogen and oxygen atoms in total. The van der Waals surface area contributed by atoms with Crippen molar-refractivity contribution in [3.63, 3.8) is 0 Å². The van der Waals surface area contributed by atoms with Crippen LogP contribution in [0.5, 0.6) is 0 Å². The van der Waals surface area contributed by atoms with E-state index in [1.165, 1.54) is 0 Å². The predicted octanol–water partition coefficient (Wildman–Crippen LogP) is 1.65. The van der Waals surface area contributed by atoms with Gasteiger partial charge in [0.25, 0.3) is 0 Å². The van der Waals surface area contributed by atoms with Gasteiger partial charge >= 0.3 is 0 Å². The van der Waals surface area contributed by atoms with Gasteiger partial charge in [-0.2, -0.15) is 10.4 Å². The van der Waals surface area contributed by atoms with Crippen molar-refractivity contribution >= 4 is 0 Å². The van der Waals surface area contributed by atoms with E-state index in [9.17, 15) is 0 Å². The SMILES string of the molecule is CC(C)(C)c1ccc(C#N)nn1. The van der Waals surface area contributed by atoms with Crippen molar-refractivity contribution in [3.8, 4) is 6.07 Å². The van der Waals surface area contributed by atoms with Gasteiger partial charge in [-0.05, 0) is 12.1 Å². The van der Waals surface area contributed by atoms with Crippen LogP contribution in [0.15, 0.2) is 12.1 Å². The first kappa shape index (κ1) is 8.66. The Balaban J connectivity index is 3.02. The molecule has 1 aromatic rings. The van der Waals surface area contributed by atoms with Crippen LogP contribution in [0.25, 0.3) is 0 Å². The Morgan fingerprint density at radius 2 is 1.92 bits per heavy atom. The fraction of sp³-hybridized carbons (Fsp3) is 0.444. The minimum Gasteiger partial charge on any atom is -0.191 e. The molecule has 1 heterocycles. The van der Waals surface area contributed by atoms with Crippen LogP contribution in [-0.4, -0.2) is 10.2 Å². The Bertz CT molecular complexity index is 300. The first-order chi connectivity index (χ1) is 5.54. The van der Waals surface area contributed by atoms with Crippen molar-refractivity contribution in [2.75, 3.05) is 0 Å². The highest BCUT2D eigenvalue weighted by Crippen LogP contribution is 2.18. The molecule has 12 heavy (non-hydrogen) atoms. The van der Waals surface area contributed by atoms with E-state index in [2.05, 4.69) is 31.0 Å². The number of nitrogens with zero attached hydrogens (tertiary/aromatic N) is 3. The molecule has 0 radical (unpaired) electrons. The van der Waals surface area contributed by atoms with Crippen molar-refractivity contribution < 1.29 is 0 Å². The number of rotatable bonds is 0. The molecule has 1 aromatic heterocycles. The molecule has 0 N–H and O–H groups in total. The van der Waals surface area contributed by atoms with E-state index in [0.29, 0.717) is 5.69 Å². The third-order valence-corrected chi connectivity index (χ3v) is 1.55. The second kappa shape index (κ2) is 2.90. The van der Waals surface area contributed by atoms with Crippen LogP contribution in [0, 0.1) is 11.3 Å². The highest BCUT2D eigenvalue weighted by Gasteiger charge is 2.15. The molecule has 0 aliphatic rings. The average Bonchev–Trinajstić information content (AvgIpc) is 2.03. The highest BCUT2D eigenvalue weighted by atomic mass is 15.1. The topological polar surface area (TPSA) is 49.6 Å². The molecule has 62 valence electrons. The van der Waals surface area contributed by atoms with E-state index in [1.807, 2.05) is 12.1 Å². The number of hydrogen-bond donors (Lipinski definition) is 0. The molecule has 0 saturated heterocycles. The summed E-state index contributed by atoms with van der Waals surface area (Å²) in [5.41, 5.74) is 1.27. The Morgan fingerprint density at radius 3 is 2.25 bits per heavy atom. The number of aromatic nitrogens is 2. The maximum Gasteiger partial charge on any atom is 0.163 e. The Hall–Kier alpha value is -1.43. The number of hydrogen-bond acceptors (Lipinski definition) is 3. The van der Waals surface area contributed by atoms with Crippen LogP contribution in [0.3, 0.4) is 0 Å². The molecule has 0 spiro atoms. The van der Waals surface area contributed by atoms with E-state index >= 15 is 0 Å². The summed E-state index contributed by atoms with van der Waals surface area (Å²) in [5, 5.41) is 16.2. The standard InChI is InChI=1S/C9H11N3/c1-9(2,3)8-5-4-7(6-10)11-12-8/h4-5H,1-3H3. The molecule has 0 aliphatic carbocycles. The first-order valence-corrected chi connectivity index (χ1v) is 3.78. The van der Waals surface area contributed by atoms with Crippen LogP contribution >= 0.6 is 0 Å². The van der Waals surface area contributed by atoms with Crippen LogP contribution in [-0.2, 0) is 5.41 Å². The molecule has 0 unspecified atom stereocenters. The predicted molar refractivity (Wildman–Crippen MR) is 45.4 cm³/mol. The molecular formula is C9H11N3. The second-order valence-corrected chi connectivity index (χ2v) is 3.67. The van der Waals surface area contributed by atoms with E-state index in [-0.39, 0.29) is 5.41 Å². The van der Waals surface area contributed by atoms with Crippen molar-refractivity contribution in [1.29, 1.82) is 5.26 Å². The lowest BCUT2D eigenvalue weighted by Crippen LogP contribution is -2.14. The summed E-state index contributed by atoms with van der Waals surface area (Å²) in [5.74, 6) is 0. The molecule has 0 aliphatic heterocycles.